The summed E-state index contributed by atoms with van der Waals surface area (Å²) < 4.78 is 5.97. The molecule has 3 aromatic rings. The van der Waals surface area contributed by atoms with Crippen molar-refractivity contribution in [3.63, 3.8) is 0 Å². The number of carbonyl (C=O) groups excluding carboxylic acids is 2. The molecule has 1 aliphatic heterocycles. The monoisotopic (exact) mass is 429 g/mol. The molecule has 0 aliphatic carbocycles. The van der Waals surface area contributed by atoms with Crippen LogP contribution < -0.4 is 15.8 Å². The van der Waals surface area contributed by atoms with Crippen molar-refractivity contribution < 1.29 is 14.3 Å². The van der Waals surface area contributed by atoms with E-state index >= 15 is 0 Å². The van der Waals surface area contributed by atoms with E-state index in [1.54, 1.807) is 4.90 Å². The van der Waals surface area contributed by atoms with Gasteiger partial charge in [0, 0.05) is 31.6 Å². The van der Waals surface area contributed by atoms with Crippen molar-refractivity contribution in [2.75, 3.05) is 24.1 Å². The van der Waals surface area contributed by atoms with Gasteiger partial charge in [-0.1, -0.05) is 54.6 Å². The van der Waals surface area contributed by atoms with Gasteiger partial charge in [0.25, 0.3) is 0 Å². The van der Waals surface area contributed by atoms with Gasteiger partial charge in [0.05, 0.1) is 5.69 Å². The summed E-state index contributed by atoms with van der Waals surface area (Å²) in [7, 11) is 0. The molecule has 0 spiro atoms. The molecule has 0 bridgehead atoms. The highest BCUT2D eigenvalue weighted by molar-refractivity contribution is 6.03. The lowest BCUT2D eigenvalue weighted by Gasteiger charge is -2.32. The smallest absolute Gasteiger partial charge is 0.233 e. The van der Waals surface area contributed by atoms with Crippen LogP contribution in [0.2, 0.25) is 0 Å². The first kappa shape index (κ1) is 21.4. The number of piperidine rings is 1. The summed E-state index contributed by atoms with van der Waals surface area (Å²) in [6.45, 7) is 1.13. The highest BCUT2D eigenvalue weighted by Crippen LogP contribution is 2.25. The molecule has 0 saturated carbocycles. The molecule has 0 unspecified atom stereocenters. The fourth-order valence-corrected chi connectivity index (χ4v) is 3.82. The molecular formula is C26H27N3O3. The first-order chi connectivity index (χ1) is 15.6. The number of hydrogen-bond donors (Lipinski definition) is 2. The van der Waals surface area contributed by atoms with Crippen molar-refractivity contribution in [2.24, 2.45) is 0 Å². The number of nitrogens with one attached hydrogen (secondary N) is 1. The van der Waals surface area contributed by atoms with E-state index in [1.807, 2.05) is 78.9 Å². The summed E-state index contributed by atoms with van der Waals surface area (Å²) in [6.07, 6.45) is 1.27. The molecule has 1 fully saturated rings. The first-order valence-corrected chi connectivity index (χ1v) is 10.8. The van der Waals surface area contributed by atoms with Gasteiger partial charge < -0.3 is 20.7 Å². The molecular weight excluding hydrogens is 402 g/mol. The van der Waals surface area contributed by atoms with Crippen LogP contribution in [0.4, 0.5) is 11.4 Å². The number of nitrogen functional groups attached to an aromatic ring is 1. The van der Waals surface area contributed by atoms with Crippen molar-refractivity contribution >= 4 is 23.2 Å². The summed E-state index contributed by atoms with van der Waals surface area (Å²) in [5.74, 6) is 0.203. The molecule has 3 aromatic carbocycles. The number of nitrogens with zero attached hydrogens (tertiary/aromatic N) is 1. The molecule has 1 saturated heterocycles. The Kier molecular flexibility index (Phi) is 6.70. The van der Waals surface area contributed by atoms with E-state index in [4.69, 9.17) is 10.5 Å². The topological polar surface area (TPSA) is 84.7 Å². The Morgan fingerprint density at radius 3 is 2.19 bits per heavy atom. The van der Waals surface area contributed by atoms with E-state index in [1.165, 1.54) is 0 Å². The van der Waals surface area contributed by atoms with Gasteiger partial charge in [-0.3, -0.25) is 9.59 Å². The van der Waals surface area contributed by atoms with Gasteiger partial charge in [0.1, 0.15) is 18.3 Å². The Morgan fingerprint density at radius 1 is 0.875 bits per heavy atom. The zero-order chi connectivity index (χ0) is 22.3. The van der Waals surface area contributed by atoms with Gasteiger partial charge in [0.15, 0.2) is 0 Å². The third-order valence-electron chi connectivity index (χ3n) is 5.59. The minimum absolute atomic E-state index is 0.0145. The van der Waals surface area contributed by atoms with Gasteiger partial charge in [-0.25, -0.2) is 0 Å². The Bertz CT molecular complexity index is 1060. The molecule has 3 N–H and O–H groups in total. The second kappa shape index (κ2) is 10.0. The highest BCUT2D eigenvalue weighted by atomic mass is 16.5. The normalized spacial score (nSPS) is 14.1. The predicted molar refractivity (Wildman–Crippen MR) is 126 cm³/mol. The number of hydrogen-bond acceptors (Lipinski definition) is 4. The molecule has 6 nitrogen and oxygen atoms in total. The molecule has 0 atom stereocenters. The molecule has 2 amide bonds. The zero-order valence-electron chi connectivity index (χ0n) is 17.9. The number of carbonyl (C=O) groups is 2. The minimum atomic E-state index is -0.308. The Labute approximate surface area is 188 Å². The second-order valence-corrected chi connectivity index (χ2v) is 7.90. The fourth-order valence-electron chi connectivity index (χ4n) is 3.82. The summed E-state index contributed by atoms with van der Waals surface area (Å²) in [5.41, 5.74) is 9.41. The van der Waals surface area contributed by atoms with Crippen molar-refractivity contribution in [1.29, 1.82) is 0 Å². The van der Waals surface area contributed by atoms with Crippen LogP contribution in [0.1, 0.15) is 19.3 Å². The van der Waals surface area contributed by atoms with Crippen LogP contribution in [0.25, 0.3) is 11.1 Å². The molecule has 32 heavy (non-hydrogen) atoms. The largest absolute Gasteiger partial charge is 0.488 e. The second-order valence-electron chi connectivity index (χ2n) is 7.90. The number of para-hydroxylation sites is 2. The zero-order valence-corrected chi connectivity index (χ0v) is 17.9. The fraction of sp³-hybridized carbons (Fsp3) is 0.231. The standard InChI is InChI=1S/C26H27N3O3/c27-23-8-4-5-9-24(23)32-22-14-16-29(17-15-22)26(31)18-25(30)28-21-12-10-20(11-13-21)19-6-2-1-3-7-19/h1-13,22H,14-18,27H2,(H,28,30). The number of amides is 2. The van der Waals surface area contributed by atoms with E-state index in [-0.39, 0.29) is 24.3 Å². The van der Waals surface area contributed by atoms with Crippen LogP contribution in [-0.2, 0) is 9.59 Å². The molecule has 0 aromatic heterocycles. The lowest BCUT2D eigenvalue weighted by atomic mass is 10.1. The van der Waals surface area contributed by atoms with Crippen LogP contribution in [-0.4, -0.2) is 35.9 Å². The number of anilines is 2. The highest BCUT2D eigenvalue weighted by Gasteiger charge is 2.25. The van der Waals surface area contributed by atoms with E-state index in [2.05, 4.69) is 5.32 Å². The van der Waals surface area contributed by atoms with Gasteiger partial charge in [-0.2, -0.15) is 0 Å². The quantitative estimate of drug-likeness (QED) is 0.451. The van der Waals surface area contributed by atoms with Crippen molar-refractivity contribution in [3.05, 3.63) is 78.9 Å². The van der Waals surface area contributed by atoms with Crippen molar-refractivity contribution in [3.8, 4) is 16.9 Å². The van der Waals surface area contributed by atoms with E-state index in [9.17, 15) is 9.59 Å². The van der Waals surface area contributed by atoms with Crippen LogP contribution in [0.15, 0.2) is 78.9 Å². The van der Waals surface area contributed by atoms with Gasteiger partial charge in [-0.05, 0) is 35.4 Å². The maximum atomic E-state index is 12.6. The summed E-state index contributed by atoms with van der Waals surface area (Å²) in [4.78, 5) is 26.7. The third-order valence-corrected chi connectivity index (χ3v) is 5.59. The Hall–Kier alpha value is -3.80. The van der Waals surface area contributed by atoms with E-state index < -0.39 is 0 Å². The Morgan fingerprint density at radius 2 is 1.50 bits per heavy atom. The van der Waals surface area contributed by atoms with Crippen molar-refractivity contribution in [1.82, 2.24) is 4.90 Å². The maximum Gasteiger partial charge on any atom is 0.233 e. The molecule has 4 rings (SSSR count). The summed E-state index contributed by atoms with van der Waals surface area (Å²) in [6, 6.07) is 25.1. The van der Waals surface area contributed by atoms with Gasteiger partial charge in [-0.15, -0.1) is 0 Å². The van der Waals surface area contributed by atoms with Crippen LogP contribution >= 0.6 is 0 Å². The number of nitrogens with two attached hydrogens (primary N) is 1. The molecule has 1 heterocycles. The summed E-state index contributed by atoms with van der Waals surface area (Å²) in [5, 5.41) is 2.81. The van der Waals surface area contributed by atoms with Crippen LogP contribution in [0, 0.1) is 0 Å². The number of likely N-dealkylation sites (tertiary alicyclic amines) is 1. The van der Waals surface area contributed by atoms with E-state index in [0.29, 0.717) is 43.1 Å². The van der Waals surface area contributed by atoms with Crippen molar-refractivity contribution in [2.45, 2.75) is 25.4 Å². The van der Waals surface area contributed by atoms with Crippen LogP contribution in [0.5, 0.6) is 5.75 Å². The molecule has 0 radical (unpaired) electrons. The number of benzene rings is 3. The number of rotatable bonds is 6. The van der Waals surface area contributed by atoms with Gasteiger partial charge >= 0.3 is 0 Å². The average Bonchev–Trinajstić information content (AvgIpc) is 2.82. The SMILES string of the molecule is Nc1ccccc1OC1CCN(C(=O)CC(=O)Nc2ccc(-c3ccccc3)cc2)CC1. The predicted octanol–water partition coefficient (Wildman–Crippen LogP) is 4.33. The van der Waals surface area contributed by atoms with Crippen LogP contribution in [0.3, 0.4) is 0 Å². The molecule has 6 heteroatoms. The minimum Gasteiger partial charge on any atom is -0.488 e. The molecule has 1 aliphatic rings. The molecule has 164 valence electrons. The lowest BCUT2D eigenvalue weighted by molar-refractivity contribution is -0.136. The third kappa shape index (κ3) is 5.46. The summed E-state index contributed by atoms with van der Waals surface area (Å²) >= 11 is 0. The van der Waals surface area contributed by atoms with Gasteiger partial charge in [0.2, 0.25) is 11.8 Å². The first-order valence-electron chi connectivity index (χ1n) is 10.8. The number of ether oxygens (including phenoxy) is 1. The average molecular weight is 430 g/mol. The maximum absolute atomic E-state index is 12.6. The lowest BCUT2D eigenvalue weighted by Crippen LogP contribution is -2.42. The Balaban J connectivity index is 1.24. The van der Waals surface area contributed by atoms with E-state index in [0.717, 1.165) is 11.1 Å².